The number of hydrogen-bond acceptors (Lipinski definition) is 8. The van der Waals surface area contributed by atoms with Crippen molar-refractivity contribution < 1.29 is 28.9 Å². The van der Waals surface area contributed by atoms with Crippen molar-refractivity contribution in [2.75, 3.05) is 20.3 Å². The SMILES string of the molecule is C=C(C)C(=O)OCCOC(=O)c1ccc2nn(-c3cc(OC)ccc3O)nc2c1. The predicted molar refractivity (Wildman–Crippen MR) is 103 cm³/mol. The van der Waals surface area contributed by atoms with E-state index in [0.717, 1.165) is 0 Å². The third kappa shape index (κ3) is 4.52. The molecule has 0 aliphatic carbocycles. The summed E-state index contributed by atoms with van der Waals surface area (Å²) in [4.78, 5) is 24.7. The van der Waals surface area contributed by atoms with Crippen molar-refractivity contribution in [3.05, 3.63) is 54.1 Å². The summed E-state index contributed by atoms with van der Waals surface area (Å²) in [5, 5.41) is 18.7. The zero-order chi connectivity index (χ0) is 21.0. The Labute approximate surface area is 166 Å². The number of carbonyl (C=O) groups excluding carboxylic acids is 2. The Balaban J connectivity index is 1.73. The summed E-state index contributed by atoms with van der Waals surface area (Å²) < 4.78 is 15.1. The average Bonchev–Trinajstić information content (AvgIpc) is 3.14. The molecule has 0 saturated carbocycles. The van der Waals surface area contributed by atoms with Gasteiger partial charge in [-0.3, -0.25) is 0 Å². The molecular weight excluding hydrogens is 378 g/mol. The van der Waals surface area contributed by atoms with Crippen LogP contribution < -0.4 is 4.74 Å². The van der Waals surface area contributed by atoms with Crippen molar-refractivity contribution in [3.8, 4) is 17.2 Å². The summed E-state index contributed by atoms with van der Waals surface area (Å²) in [6.07, 6.45) is 0. The second kappa shape index (κ2) is 8.42. The van der Waals surface area contributed by atoms with E-state index in [-0.39, 0.29) is 30.1 Å². The molecule has 0 radical (unpaired) electrons. The highest BCUT2D eigenvalue weighted by atomic mass is 16.6. The first kappa shape index (κ1) is 19.9. The van der Waals surface area contributed by atoms with Gasteiger partial charge in [-0.25, -0.2) is 9.59 Å². The molecule has 2 aromatic carbocycles. The lowest BCUT2D eigenvalue weighted by molar-refractivity contribution is -0.140. The molecule has 1 N–H and O–H groups in total. The van der Waals surface area contributed by atoms with Crippen molar-refractivity contribution in [1.82, 2.24) is 15.0 Å². The van der Waals surface area contributed by atoms with E-state index in [9.17, 15) is 14.7 Å². The first-order chi connectivity index (χ1) is 13.9. The van der Waals surface area contributed by atoms with Crippen LogP contribution in [-0.4, -0.2) is 52.4 Å². The fourth-order valence-corrected chi connectivity index (χ4v) is 2.41. The number of phenols is 1. The first-order valence-electron chi connectivity index (χ1n) is 8.63. The van der Waals surface area contributed by atoms with E-state index in [1.54, 1.807) is 24.3 Å². The van der Waals surface area contributed by atoms with Crippen LogP contribution in [0, 0.1) is 0 Å². The zero-order valence-electron chi connectivity index (χ0n) is 15.9. The fourth-order valence-electron chi connectivity index (χ4n) is 2.41. The molecule has 9 nitrogen and oxygen atoms in total. The van der Waals surface area contributed by atoms with E-state index in [0.29, 0.717) is 22.5 Å². The van der Waals surface area contributed by atoms with E-state index in [1.165, 1.54) is 31.0 Å². The highest BCUT2D eigenvalue weighted by molar-refractivity contribution is 5.93. The number of aromatic nitrogens is 3. The maximum atomic E-state index is 12.2. The Hall–Kier alpha value is -3.88. The molecule has 0 bridgehead atoms. The van der Waals surface area contributed by atoms with Gasteiger partial charge in [0, 0.05) is 11.6 Å². The topological polar surface area (TPSA) is 113 Å². The highest BCUT2D eigenvalue weighted by Crippen LogP contribution is 2.26. The minimum absolute atomic E-state index is 0.0185. The van der Waals surface area contributed by atoms with Gasteiger partial charge >= 0.3 is 11.9 Å². The third-order valence-corrected chi connectivity index (χ3v) is 3.91. The number of aromatic hydroxyl groups is 1. The summed E-state index contributed by atoms with van der Waals surface area (Å²) in [6.45, 7) is 4.85. The van der Waals surface area contributed by atoms with Crippen LogP contribution in [0.1, 0.15) is 17.3 Å². The predicted octanol–water partition coefficient (Wildman–Crippen LogP) is 2.41. The van der Waals surface area contributed by atoms with Crippen LogP contribution >= 0.6 is 0 Å². The van der Waals surface area contributed by atoms with Gasteiger partial charge in [0.15, 0.2) is 0 Å². The van der Waals surface area contributed by atoms with Crippen molar-refractivity contribution in [1.29, 1.82) is 0 Å². The summed E-state index contributed by atoms with van der Waals surface area (Å²) in [5.41, 5.74) is 1.84. The number of rotatable bonds is 7. The van der Waals surface area contributed by atoms with E-state index >= 15 is 0 Å². The van der Waals surface area contributed by atoms with E-state index in [2.05, 4.69) is 16.8 Å². The third-order valence-electron chi connectivity index (χ3n) is 3.91. The monoisotopic (exact) mass is 397 g/mol. The number of nitrogens with zero attached hydrogens (tertiary/aromatic N) is 3. The van der Waals surface area contributed by atoms with Gasteiger partial charge in [0.2, 0.25) is 0 Å². The van der Waals surface area contributed by atoms with Gasteiger partial charge in [0.05, 0.1) is 12.7 Å². The molecule has 0 saturated heterocycles. The van der Waals surface area contributed by atoms with Gasteiger partial charge in [-0.05, 0) is 37.3 Å². The van der Waals surface area contributed by atoms with Gasteiger partial charge in [-0.1, -0.05) is 6.58 Å². The molecule has 0 spiro atoms. The van der Waals surface area contributed by atoms with Gasteiger partial charge < -0.3 is 19.3 Å². The molecule has 1 heterocycles. The van der Waals surface area contributed by atoms with Gasteiger partial charge in [-0.2, -0.15) is 0 Å². The molecule has 0 aliphatic rings. The zero-order valence-corrected chi connectivity index (χ0v) is 15.9. The fraction of sp³-hybridized carbons (Fsp3) is 0.200. The van der Waals surface area contributed by atoms with Crippen LogP contribution in [0.5, 0.6) is 11.5 Å². The molecule has 9 heteroatoms. The average molecular weight is 397 g/mol. The molecule has 1 aromatic heterocycles. The quantitative estimate of drug-likeness (QED) is 0.367. The first-order valence-corrected chi connectivity index (χ1v) is 8.63. The van der Waals surface area contributed by atoms with E-state index in [1.807, 2.05) is 0 Å². The summed E-state index contributed by atoms with van der Waals surface area (Å²) in [7, 11) is 1.51. The number of ether oxygens (including phenoxy) is 3. The minimum Gasteiger partial charge on any atom is -0.506 e. The Bertz CT molecular complexity index is 1090. The van der Waals surface area contributed by atoms with E-state index < -0.39 is 11.9 Å². The van der Waals surface area contributed by atoms with Crippen LogP contribution in [0.3, 0.4) is 0 Å². The van der Waals surface area contributed by atoms with Gasteiger partial charge in [-0.15, -0.1) is 15.0 Å². The number of benzene rings is 2. The molecule has 0 atom stereocenters. The molecule has 150 valence electrons. The summed E-state index contributed by atoms with van der Waals surface area (Å²) in [6, 6.07) is 9.38. The van der Waals surface area contributed by atoms with E-state index in [4.69, 9.17) is 14.2 Å². The number of methoxy groups -OCH3 is 1. The van der Waals surface area contributed by atoms with Crippen molar-refractivity contribution in [2.45, 2.75) is 6.92 Å². The van der Waals surface area contributed by atoms with Gasteiger partial charge in [0.1, 0.15) is 41.4 Å². The van der Waals surface area contributed by atoms with Crippen molar-refractivity contribution in [3.63, 3.8) is 0 Å². The normalized spacial score (nSPS) is 10.6. The Morgan fingerprint density at radius 2 is 1.79 bits per heavy atom. The summed E-state index contributed by atoms with van der Waals surface area (Å²) >= 11 is 0. The van der Waals surface area contributed by atoms with Crippen molar-refractivity contribution >= 4 is 23.0 Å². The maximum Gasteiger partial charge on any atom is 0.338 e. The lowest BCUT2D eigenvalue weighted by atomic mass is 10.2. The molecule has 0 fully saturated rings. The number of hydrogen-bond donors (Lipinski definition) is 1. The van der Waals surface area contributed by atoms with Crippen LogP contribution in [0.25, 0.3) is 16.7 Å². The molecule has 3 aromatic rings. The second-order valence-electron chi connectivity index (χ2n) is 6.10. The molecule has 0 amide bonds. The Morgan fingerprint density at radius 1 is 1.07 bits per heavy atom. The Kier molecular flexibility index (Phi) is 5.77. The lowest BCUT2D eigenvalue weighted by Crippen LogP contribution is -2.14. The maximum absolute atomic E-state index is 12.2. The van der Waals surface area contributed by atoms with Crippen molar-refractivity contribution in [2.24, 2.45) is 0 Å². The van der Waals surface area contributed by atoms with Gasteiger partial charge in [0.25, 0.3) is 0 Å². The molecule has 29 heavy (non-hydrogen) atoms. The Morgan fingerprint density at radius 3 is 2.52 bits per heavy atom. The largest absolute Gasteiger partial charge is 0.506 e. The molecule has 3 rings (SSSR count). The van der Waals surface area contributed by atoms with Crippen LogP contribution in [0.15, 0.2) is 48.6 Å². The minimum atomic E-state index is -0.586. The second-order valence-corrected chi connectivity index (χ2v) is 6.10. The standard InChI is InChI=1S/C20H19N3O6/c1-12(2)19(25)28-8-9-29-20(26)13-4-6-15-16(10-13)22-23(21-15)17-11-14(27-3)5-7-18(17)24/h4-7,10-11,24H,1,8-9H2,2-3H3. The number of fused-ring (bicyclic) bond motifs is 1. The smallest absolute Gasteiger partial charge is 0.338 e. The van der Waals surface area contributed by atoms with Crippen LogP contribution in [0.4, 0.5) is 0 Å². The highest BCUT2D eigenvalue weighted by Gasteiger charge is 2.14. The number of carbonyl (C=O) groups is 2. The molecule has 0 unspecified atom stereocenters. The molecule has 0 aliphatic heterocycles. The van der Waals surface area contributed by atoms with Crippen LogP contribution in [0.2, 0.25) is 0 Å². The van der Waals surface area contributed by atoms with Crippen LogP contribution in [-0.2, 0) is 14.3 Å². The number of esters is 2. The molecular formula is C20H19N3O6. The summed E-state index contributed by atoms with van der Waals surface area (Å²) in [5.74, 6) is -0.609. The number of phenolic OH excluding ortho intramolecular Hbond substituents is 1. The lowest BCUT2D eigenvalue weighted by Gasteiger charge is -2.06.